The zero-order valence-electron chi connectivity index (χ0n) is 13.3. The predicted octanol–water partition coefficient (Wildman–Crippen LogP) is 4.86. The van der Waals surface area contributed by atoms with E-state index in [9.17, 15) is 4.79 Å². The van der Waals surface area contributed by atoms with Crippen LogP contribution >= 0.6 is 39.7 Å². The topological polar surface area (TPSA) is 54.0 Å². The summed E-state index contributed by atoms with van der Waals surface area (Å²) in [6.07, 6.45) is 6.21. The molecule has 2 N–H and O–H groups in total. The van der Waals surface area contributed by atoms with Crippen molar-refractivity contribution in [2.45, 2.75) is 38.1 Å². The monoisotopic (exact) mass is 429 g/mol. The molecule has 0 spiro atoms. The third-order valence-corrected chi connectivity index (χ3v) is 5.33. The maximum atomic E-state index is 12.0. The Morgan fingerprint density at radius 3 is 2.62 bits per heavy atom. The van der Waals surface area contributed by atoms with E-state index in [1.807, 2.05) is 29.6 Å². The highest BCUT2D eigenvalue weighted by Gasteiger charge is 2.14. The van der Waals surface area contributed by atoms with Crippen molar-refractivity contribution in [3.8, 4) is 11.3 Å². The molecular weight excluding hydrogens is 410 g/mol. The number of benzene rings is 1. The number of rotatable bonds is 5. The lowest BCUT2D eigenvalue weighted by atomic mass is 9.95. The minimum Gasteiger partial charge on any atom is -0.306 e. The zero-order chi connectivity index (χ0) is 16.1. The van der Waals surface area contributed by atoms with Crippen molar-refractivity contribution in [1.82, 2.24) is 10.3 Å². The minimum absolute atomic E-state index is 0. The molecule has 1 heterocycles. The fourth-order valence-electron chi connectivity index (χ4n) is 2.79. The summed E-state index contributed by atoms with van der Waals surface area (Å²) in [4.78, 5) is 16.5. The van der Waals surface area contributed by atoms with E-state index < -0.39 is 0 Å². The summed E-state index contributed by atoms with van der Waals surface area (Å²) in [6, 6.07) is 8.48. The van der Waals surface area contributed by atoms with Crippen molar-refractivity contribution in [1.29, 1.82) is 0 Å². The van der Waals surface area contributed by atoms with Crippen LogP contribution in [-0.4, -0.2) is 23.5 Å². The van der Waals surface area contributed by atoms with Crippen LogP contribution in [0.2, 0.25) is 0 Å². The van der Waals surface area contributed by atoms with Gasteiger partial charge in [-0.3, -0.25) is 4.79 Å². The number of anilines is 1. The molecule has 3 rings (SSSR count). The summed E-state index contributed by atoms with van der Waals surface area (Å²) in [5.74, 6) is -0.0210. The molecule has 7 heteroatoms. The summed E-state index contributed by atoms with van der Waals surface area (Å²) < 4.78 is 1.04. The van der Waals surface area contributed by atoms with Crippen molar-refractivity contribution >= 4 is 50.7 Å². The van der Waals surface area contributed by atoms with Gasteiger partial charge in [0.2, 0.25) is 5.91 Å². The third-order valence-electron chi connectivity index (χ3n) is 4.05. The third kappa shape index (κ3) is 5.55. The summed E-state index contributed by atoms with van der Waals surface area (Å²) >= 11 is 4.88. The van der Waals surface area contributed by atoms with E-state index in [-0.39, 0.29) is 18.3 Å². The van der Waals surface area contributed by atoms with Gasteiger partial charge in [0, 0.05) is 21.5 Å². The summed E-state index contributed by atoms with van der Waals surface area (Å²) in [6.45, 7) is 0.359. The number of hydrogen-bond donors (Lipinski definition) is 2. The second kappa shape index (κ2) is 9.51. The molecule has 0 saturated heterocycles. The number of carbonyl (C=O) groups excluding carboxylic acids is 1. The van der Waals surface area contributed by atoms with Crippen LogP contribution < -0.4 is 10.6 Å². The lowest BCUT2D eigenvalue weighted by Crippen LogP contribution is -2.37. The molecule has 0 atom stereocenters. The van der Waals surface area contributed by atoms with Crippen molar-refractivity contribution in [2.75, 3.05) is 11.9 Å². The van der Waals surface area contributed by atoms with E-state index in [0.717, 1.165) is 15.7 Å². The minimum atomic E-state index is -0.0210. The highest BCUT2D eigenvalue weighted by Crippen LogP contribution is 2.26. The maximum absolute atomic E-state index is 12.0. The number of amides is 1. The van der Waals surface area contributed by atoms with Crippen LogP contribution in [0.5, 0.6) is 0 Å². The number of nitrogens with zero attached hydrogens (tertiary/aromatic N) is 1. The number of aromatic nitrogens is 1. The van der Waals surface area contributed by atoms with Crippen LogP contribution in [0.3, 0.4) is 0 Å². The second-order valence-corrected chi connectivity index (χ2v) is 7.58. The molecule has 1 amide bonds. The fraction of sp³-hybridized carbons (Fsp3) is 0.412. The summed E-state index contributed by atoms with van der Waals surface area (Å²) in [5, 5.41) is 8.84. The van der Waals surface area contributed by atoms with Crippen molar-refractivity contribution in [3.63, 3.8) is 0 Å². The van der Waals surface area contributed by atoms with Gasteiger partial charge in [-0.15, -0.1) is 23.7 Å². The smallest absolute Gasteiger partial charge is 0.240 e. The molecule has 0 bridgehead atoms. The molecular formula is C17H21BrClN3OS. The van der Waals surface area contributed by atoms with Crippen LogP contribution in [0, 0.1) is 0 Å². The number of carbonyl (C=O) groups is 1. The number of hydrogen-bond acceptors (Lipinski definition) is 4. The van der Waals surface area contributed by atoms with E-state index in [2.05, 4.69) is 31.5 Å². The SMILES string of the molecule is Cl.O=C(CNC1CCCCC1)Nc1nc(-c2ccc(Br)cc2)cs1. The molecule has 0 unspecified atom stereocenters. The van der Waals surface area contributed by atoms with Crippen molar-refractivity contribution in [3.05, 3.63) is 34.1 Å². The van der Waals surface area contributed by atoms with Crippen molar-refractivity contribution in [2.24, 2.45) is 0 Å². The Labute approximate surface area is 161 Å². The number of thiazole rings is 1. The van der Waals surface area contributed by atoms with Gasteiger partial charge in [-0.05, 0) is 25.0 Å². The Kier molecular flexibility index (Phi) is 7.68. The number of halogens is 2. The Hall–Kier alpha value is -0.950. The first-order valence-electron chi connectivity index (χ1n) is 7.95. The molecule has 1 aromatic carbocycles. The summed E-state index contributed by atoms with van der Waals surface area (Å²) in [5.41, 5.74) is 1.93. The molecule has 0 radical (unpaired) electrons. The molecule has 1 aromatic heterocycles. The van der Waals surface area contributed by atoms with E-state index in [0.29, 0.717) is 17.7 Å². The molecule has 4 nitrogen and oxygen atoms in total. The van der Waals surface area contributed by atoms with Crippen LogP contribution in [-0.2, 0) is 4.79 Å². The second-order valence-electron chi connectivity index (χ2n) is 5.81. The van der Waals surface area contributed by atoms with Crippen molar-refractivity contribution < 1.29 is 4.79 Å². The van der Waals surface area contributed by atoms with E-state index in [1.165, 1.54) is 43.4 Å². The first-order valence-corrected chi connectivity index (χ1v) is 9.63. The molecule has 1 saturated carbocycles. The molecule has 24 heavy (non-hydrogen) atoms. The van der Waals surface area contributed by atoms with Gasteiger partial charge in [0.15, 0.2) is 5.13 Å². The van der Waals surface area contributed by atoms with E-state index >= 15 is 0 Å². The van der Waals surface area contributed by atoms with Crippen LogP contribution in [0.25, 0.3) is 11.3 Å². The molecule has 1 fully saturated rings. The zero-order valence-corrected chi connectivity index (χ0v) is 16.5. The van der Waals surface area contributed by atoms with Gasteiger partial charge in [-0.1, -0.05) is 47.3 Å². The van der Waals surface area contributed by atoms with Gasteiger partial charge < -0.3 is 10.6 Å². The average Bonchev–Trinajstić information content (AvgIpc) is 3.03. The van der Waals surface area contributed by atoms with Gasteiger partial charge in [0.05, 0.1) is 12.2 Å². The molecule has 0 aliphatic heterocycles. The Morgan fingerprint density at radius 1 is 1.21 bits per heavy atom. The lowest BCUT2D eigenvalue weighted by Gasteiger charge is -2.22. The lowest BCUT2D eigenvalue weighted by molar-refractivity contribution is -0.115. The Bertz CT molecular complexity index is 656. The average molecular weight is 431 g/mol. The van der Waals surface area contributed by atoms with E-state index in [4.69, 9.17) is 0 Å². The molecule has 1 aliphatic rings. The fourth-order valence-corrected chi connectivity index (χ4v) is 3.79. The first kappa shape index (κ1) is 19.4. The van der Waals surface area contributed by atoms with Gasteiger partial charge in [0.25, 0.3) is 0 Å². The van der Waals surface area contributed by atoms with Gasteiger partial charge in [-0.2, -0.15) is 0 Å². The molecule has 1 aliphatic carbocycles. The molecule has 2 aromatic rings. The largest absolute Gasteiger partial charge is 0.306 e. The van der Waals surface area contributed by atoms with Crippen LogP contribution in [0.4, 0.5) is 5.13 Å². The van der Waals surface area contributed by atoms with E-state index in [1.54, 1.807) is 0 Å². The van der Waals surface area contributed by atoms with Gasteiger partial charge in [0.1, 0.15) is 0 Å². The normalized spacial score (nSPS) is 14.9. The highest BCUT2D eigenvalue weighted by molar-refractivity contribution is 9.10. The highest BCUT2D eigenvalue weighted by atomic mass is 79.9. The standard InChI is InChI=1S/C17H20BrN3OS.ClH/c18-13-8-6-12(7-9-13)15-11-23-17(20-15)21-16(22)10-19-14-4-2-1-3-5-14;/h6-9,11,14,19H,1-5,10H2,(H,20,21,22);1H. The quantitative estimate of drug-likeness (QED) is 0.712. The predicted molar refractivity (Wildman–Crippen MR) is 106 cm³/mol. The maximum Gasteiger partial charge on any atom is 0.240 e. The Balaban J connectivity index is 0.00000208. The van der Waals surface area contributed by atoms with Crippen LogP contribution in [0.1, 0.15) is 32.1 Å². The first-order chi connectivity index (χ1) is 11.2. The Morgan fingerprint density at radius 2 is 1.92 bits per heavy atom. The van der Waals surface area contributed by atoms with Crippen LogP contribution in [0.15, 0.2) is 34.1 Å². The van der Waals surface area contributed by atoms with Gasteiger partial charge in [-0.25, -0.2) is 4.98 Å². The number of nitrogens with one attached hydrogen (secondary N) is 2. The molecule has 130 valence electrons. The van der Waals surface area contributed by atoms with Gasteiger partial charge >= 0.3 is 0 Å². The summed E-state index contributed by atoms with van der Waals surface area (Å²) in [7, 11) is 0.